The zero-order valence-electron chi connectivity index (χ0n) is 40.3. The molecule has 3 aromatic rings. The Hall–Kier alpha value is -4.30. The lowest BCUT2D eigenvalue weighted by molar-refractivity contribution is -0.323. The number of aromatic amines is 1. The molecule has 2 aliphatic heterocycles. The lowest BCUT2D eigenvalue weighted by Gasteiger charge is -2.51. The SMILES string of the molecule is CC#C/C=C\C#C[C@H](OC1OC(C)C(SC)(C(=O)c2nccc3c2[nH]c2ccc(OCCN)cc23)C(O)C1OC1CC(OC)C(NC(C)C)CO1)C1=C(NC(=O)OC)C(=O)C[C@H](O)/C1=C/CS(C)(=S)=S. The number of aromatic nitrogens is 2. The van der Waals surface area contributed by atoms with Crippen LogP contribution < -0.4 is 21.1 Å². The van der Waals surface area contributed by atoms with Gasteiger partial charge in [0.25, 0.3) is 0 Å². The number of Topliss-reactive ketones (excluding diaryl/α,β-unsaturated/α-hetero) is 2. The van der Waals surface area contributed by atoms with Crippen LogP contribution in [0.1, 0.15) is 51.0 Å². The molecule has 2 fully saturated rings. The number of pyridine rings is 1. The second kappa shape index (κ2) is 24.4. The second-order valence-corrected chi connectivity index (χ2v) is 25.4. The molecule has 8 unspecified atom stereocenters. The van der Waals surface area contributed by atoms with Crippen molar-refractivity contribution in [1.82, 2.24) is 20.6 Å². The number of alkyl carbamates (subject to hydrolysis) is 1. The molecule has 3 aliphatic rings. The Morgan fingerprint density at radius 3 is 2.60 bits per heavy atom. The van der Waals surface area contributed by atoms with Gasteiger partial charge >= 0.3 is 6.09 Å². The highest BCUT2D eigenvalue weighted by Crippen LogP contribution is 2.46. The van der Waals surface area contributed by atoms with E-state index in [2.05, 4.69) is 44.3 Å². The van der Waals surface area contributed by atoms with Crippen LogP contribution in [0.3, 0.4) is 0 Å². The maximum atomic E-state index is 15.5. The van der Waals surface area contributed by atoms with Crippen molar-refractivity contribution in [1.29, 1.82) is 0 Å². The Morgan fingerprint density at radius 1 is 1.17 bits per heavy atom. The monoisotopic (exact) mass is 1040 g/mol. The summed E-state index contributed by atoms with van der Waals surface area (Å²) in [5, 5.41) is 32.1. The van der Waals surface area contributed by atoms with Crippen molar-refractivity contribution in [2.75, 3.05) is 52.2 Å². The number of benzene rings is 1. The molecule has 6 rings (SSSR count). The van der Waals surface area contributed by atoms with Gasteiger partial charge in [-0.15, -0.1) is 17.7 Å². The van der Waals surface area contributed by atoms with Crippen molar-refractivity contribution in [2.24, 2.45) is 5.73 Å². The Morgan fingerprint density at radius 2 is 1.93 bits per heavy atom. The summed E-state index contributed by atoms with van der Waals surface area (Å²) in [7, 11) is 0.679. The highest BCUT2D eigenvalue weighted by atomic mass is 33.1. The first-order valence-electron chi connectivity index (χ1n) is 22.6. The van der Waals surface area contributed by atoms with Gasteiger partial charge in [-0.1, -0.05) is 44.8 Å². The highest BCUT2D eigenvalue weighted by Gasteiger charge is 2.61. The largest absolute Gasteiger partial charge is 0.492 e. The number of carbonyl (C=O) groups excluding carboxylic acids is 3. The first-order chi connectivity index (χ1) is 33.4. The summed E-state index contributed by atoms with van der Waals surface area (Å²) in [5.74, 6) is 11.0. The van der Waals surface area contributed by atoms with E-state index >= 15 is 4.79 Å². The van der Waals surface area contributed by atoms with Gasteiger partial charge in [-0.05, 0) is 90.7 Å². The second-order valence-electron chi connectivity index (χ2n) is 17.1. The van der Waals surface area contributed by atoms with E-state index in [9.17, 15) is 19.8 Å². The van der Waals surface area contributed by atoms with Crippen LogP contribution in [0.25, 0.3) is 21.8 Å². The highest BCUT2D eigenvalue weighted by molar-refractivity contribution is 8.56. The molecule has 17 nitrogen and oxygen atoms in total. The predicted octanol–water partition coefficient (Wildman–Crippen LogP) is 3.50. The fourth-order valence-corrected chi connectivity index (χ4v) is 10.7. The third-order valence-corrected chi connectivity index (χ3v) is 15.0. The summed E-state index contributed by atoms with van der Waals surface area (Å²) < 4.78 is 41.4. The van der Waals surface area contributed by atoms with Gasteiger partial charge < -0.3 is 59.4 Å². The number of fused-ring (bicyclic) bond motifs is 3. The van der Waals surface area contributed by atoms with E-state index in [1.54, 1.807) is 51.7 Å². The number of amides is 1. The van der Waals surface area contributed by atoms with Crippen LogP contribution in [0.15, 0.2) is 65.5 Å². The van der Waals surface area contributed by atoms with Crippen LogP contribution in [0.5, 0.6) is 5.75 Å². The number of hydrogen-bond donors (Lipinski definition) is 6. The minimum atomic E-state index is -2.04. The average molecular weight is 1040 g/mol. The molecular weight excluding hydrogens is 979 g/mol. The summed E-state index contributed by atoms with van der Waals surface area (Å²) >= 11 is 12.2. The quantitative estimate of drug-likeness (QED) is 0.0839. The summed E-state index contributed by atoms with van der Waals surface area (Å²) in [6.45, 7) is 8.12. The average Bonchev–Trinajstić information content (AvgIpc) is 3.70. The molecule has 1 amide bonds. The Bertz CT molecular complexity index is 2760. The summed E-state index contributed by atoms with van der Waals surface area (Å²) in [6.07, 6.45) is -1.95. The maximum Gasteiger partial charge on any atom is 0.411 e. The van der Waals surface area contributed by atoms with Crippen LogP contribution in [0, 0.1) is 23.7 Å². The van der Waals surface area contributed by atoms with E-state index in [1.165, 1.54) is 18.3 Å². The molecule has 1 aliphatic carbocycles. The van der Waals surface area contributed by atoms with Crippen LogP contribution >= 0.6 is 11.8 Å². The van der Waals surface area contributed by atoms with Gasteiger partial charge in [0.05, 0.1) is 49.3 Å². The number of thioether (sulfide) groups is 1. The molecule has 7 N–H and O–H groups in total. The van der Waals surface area contributed by atoms with Gasteiger partial charge in [0.1, 0.15) is 41.1 Å². The maximum absolute atomic E-state index is 15.5. The molecule has 0 radical (unpaired) electrons. The van der Waals surface area contributed by atoms with E-state index in [4.69, 9.17) is 61.3 Å². The summed E-state index contributed by atoms with van der Waals surface area (Å²) in [6, 6.07) is 7.19. The first-order valence-corrected chi connectivity index (χ1v) is 27.8. The molecule has 2 aromatic heterocycles. The number of H-pyrrole nitrogens is 1. The molecule has 2 saturated heterocycles. The third kappa shape index (κ3) is 12.5. The van der Waals surface area contributed by atoms with Crippen LogP contribution in [0.2, 0.25) is 0 Å². The molecule has 0 spiro atoms. The number of aliphatic hydroxyl groups is 2. The van der Waals surface area contributed by atoms with Gasteiger partial charge in [0.15, 0.2) is 18.4 Å². The lowest BCUT2D eigenvalue weighted by atomic mass is 9.82. The van der Waals surface area contributed by atoms with Crippen molar-refractivity contribution in [3.8, 4) is 29.4 Å². The van der Waals surface area contributed by atoms with Gasteiger partial charge in [0.2, 0.25) is 5.78 Å². The fourth-order valence-electron chi connectivity index (χ4n) is 8.76. The smallest absolute Gasteiger partial charge is 0.411 e. The van der Waals surface area contributed by atoms with Crippen molar-refractivity contribution in [2.45, 2.75) is 107 Å². The molecule has 1 aromatic carbocycles. The molecule has 4 heterocycles. The van der Waals surface area contributed by atoms with Gasteiger partial charge in [-0.2, -0.15) is 0 Å². The molecule has 0 saturated carbocycles. The van der Waals surface area contributed by atoms with Gasteiger partial charge in [-0.25, -0.2) is 4.79 Å². The fraction of sp³-hybridized carbons (Fsp3) is 0.510. The third-order valence-electron chi connectivity index (χ3n) is 12.0. The number of ketones is 2. The number of nitrogens with two attached hydrogens (primary N) is 1. The minimum absolute atomic E-state index is 0.0326. The van der Waals surface area contributed by atoms with Crippen molar-refractivity contribution >= 4 is 80.8 Å². The molecule has 21 heteroatoms. The molecule has 10 atom stereocenters. The summed E-state index contributed by atoms with van der Waals surface area (Å²) in [5.41, 5.74) is 6.74. The molecular formula is C49H61N5O12S4. The molecule has 70 heavy (non-hydrogen) atoms. The van der Waals surface area contributed by atoms with E-state index in [0.29, 0.717) is 29.8 Å². The van der Waals surface area contributed by atoms with E-state index in [1.807, 2.05) is 26.0 Å². The summed E-state index contributed by atoms with van der Waals surface area (Å²) in [4.78, 5) is 50.2. The minimum Gasteiger partial charge on any atom is -0.492 e. The Balaban J connectivity index is 1.51. The molecule has 378 valence electrons. The van der Waals surface area contributed by atoms with Gasteiger partial charge in [-0.3, -0.25) is 19.9 Å². The number of carbonyl (C=O) groups is 3. The number of ether oxygens (including phenoxy) is 7. The van der Waals surface area contributed by atoms with E-state index in [-0.39, 0.29) is 53.4 Å². The number of aliphatic hydroxyl groups excluding tert-OH is 2. The number of allylic oxidation sites excluding steroid dienone is 3. The van der Waals surface area contributed by atoms with Gasteiger partial charge in [0, 0.05) is 66.3 Å². The number of hydrogen-bond acceptors (Lipinski definition) is 18. The molecule has 0 bridgehead atoms. The van der Waals surface area contributed by atoms with Crippen molar-refractivity contribution < 1.29 is 57.8 Å². The standard InChI is InChI=1S/C49H61N5O12S4/c1-9-10-11-12-13-14-37(40-31(18-22-70(8,67)68)35(55)24-36(56)42(40)54-48(59)61-6)65-47-44(66-39-25-38(60-5)34(26-63-39)52-27(2)3)46(58)49(69-7,28(4)64-47)45(57)43-41-30(17-20-51-43)32-23-29(62-21-19-50)15-16-33(32)53-41/h11-12,15-18,20,23,27-28,34-35,37-39,44,46-47,52-53,55,58H,19,21-22,24-26,50H2,1-8H3,(H,54,59)/b12-11-,31-18-/t28?,34?,35-,37-,38?,39?,44?,46?,47?,49?/m0/s1. The zero-order valence-corrected chi connectivity index (χ0v) is 43.5. The normalized spacial score (nSPS) is 27.3. The van der Waals surface area contributed by atoms with Crippen LogP contribution in [-0.4, -0.2) is 156 Å². The van der Waals surface area contributed by atoms with E-state index in [0.717, 1.165) is 29.8 Å². The van der Waals surface area contributed by atoms with Crippen molar-refractivity contribution in [3.63, 3.8) is 0 Å². The first kappa shape index (κ1) is 55.0. The lowest BCUT2D eigenvalue weighted by Crippen LogP contribution is -2.68. The van der Waals surface area contributed by atoms with E-state index < -0.39 is 85.2 Å². The topological polar surface area (TPSA) is 235 Å². The van der Waals surface area contributed by atoms with Crippen molar-refractivity contribution in [3.05, 3.63) is 71.2 Å². The number of nitrogens with zero attached hydrogens (tertiary/aromatic N) is 1. The van der Waals surface area contributed by atoms with Crippen LogP contribution in [-0.2, 0) is 62.7 Å². The zero-order chi connectivity index (χ0) is 50.9. The number of nitrogens with one attached hydrogen (secondary N) is 3. The predicted molar refractivity (Wildman–Crippen MR) is 276 cm³/mol. The van der Waals surface area contributed by atoms with Crippen LogP contribution in [0.4, 0.5) is 4.79 Å². The Kier molecular flexibility index (Phi) is 19.2. The number of methoxy groups -OCH3 is 2. The number of rotatable bonds is 17. The Labute approximate surface area is 422 Å².